The molecular weight excluding hydrogens is 562 g/mol. The highest BCUT2D eigenvalue weighted by atomic mass is 15.0. The minimum Gasteiger partial charge on any atom is -0.309 e. The first kappa shape index (κ1) is 25.9. The van der Waals surface area contributed by atoms with Crippen molar-refractivity contribution in [3.8, 4) is 40.0 Å². The largest absolute Gasteiger partial charge is 0.309 e. The number of fused-ring (bicyclic) bond motifs is 6. The Hall–Kier alpha value is -6.51. The van der Waals surface area contributed by atoms with Crippen LogP contribution in [-0.2, 0) is 0 Å². The zero-order valence-corrected chi connectivity index (χ0v) is 24.7. The van der Waals surface area contributed by atoms with E-state index in [0.29, 0.717) is 11.4 Å². The van der Waals surface area contributed by atoms with E-state index in [-0.39, 0.29) is 5.82 Å². The summed E-state index contributed by atoms with van der Waals surface area (Å²) in [6.45, 7) is 0. The molecule has 0 amide bonds. The molecule has 0 bridgehead atoms. The molecule has 0 spiro atoms. The van der Waals surface area contributed by atoms with Crippen LogP contribution in [-0.4, -0.2) is 19.1 Å². The molecule has 5 nitrogen and oxygen atoms in total. The summed E-state index contributed by atoms with van der Waals surface area (Å²) in [5, 5.41) is 14.9. The van der Waals surface area contributed by atoms with Gasteiger partial charge < -0.3 is 9.13 Å². The minimum absolute atomic E-state index is 0.126. The van der Waals surface area contributed by atoms with Crippen molar-refractivity contribution < 1.29 is 0 Å². The molecule has 0 aliphatic carbocycles. The standard InChI is InChI=1S/C41H25N5/c42-26-41-43-33(31-17-5-11-23-39(31)45-35-19-7-1-13-27(35)28-14-2-8-20-36(28)45)25-34(44-41)32-18-6-12-24-40(32)46-37-21-9-3-15-29(37)30-16-4-10-22-38(30)46/h1-25H. The lowest BCUT2D eigenvalue weighted by molar-refractivity contribution is 1.10. The van der Waals surface area contributed by atoms with Crippen molar-refractivity contribution in [1.29, 1.82) is 5.26 Å². The smallest absolute Gasteiger partial charge is 0.233 e. The Morgan fingerprint density at radius 1 is 0.413 bits per heavy atom. The number of aromatic nitrogens is 4. The molecule has 46 heavy (non-hydrogen) atoms. The van der Waals surface area contributed by atoms with Crippen molar-refractivity contribution in [2.45, 2.75) is 0 Å². The molecule has 0 aliphatic heterocycles. The molecular formula is C41H25N5. The fourth-order valence-electron chi connectivity index (χ4n) is 6.91. The predicted octanol–water partition coefficient (Wildman–Crippen LogP) is 9.88. The second kappa shape index (κ2) is 10.3. The minimum atomic E-state index is 0.126. The van der Waals surface area contributed by atoms with Gasteiger partial charge >= 0.3 is 0 Å². The molecule has 0 saturated heterocycles. The van der Waals surface area contributed by atoms with Crippen molar-refractivity contribution in [2.75, 3.05) is 0 Å². The summed E-state index contributed by atoms with van der Waals surface area (Å²) in [6.07, 6.45) is 0. The lowest BCUT2D eigenvalue weighted by Gasteiger charge is -2.16. The van der Waals surface area contributed by atoms with Crippen LogP contribution in [0, 0.1) is 11.3 Å². The molecule has 9 aromatic rings. The van der Waals surface area contributed by atoms with E-state index in [1.54, 1.807) is 0 Å². The summed E-state index contributed by atoms with van der Waals surface area (Å²) < 4.78 is 4.58. The first-order valence-corrected chi connectivity index (χ1v) is 15.3. The molecule has 0 radical (unpaired) electrons. The van der Waals surface area contributed by atoms with Gasteiger partial charge in [-0.2, -0.15) is 5.26 Å². The van der Waals surface area contributed by atoms with Crippen LogP contribution in [0.5, 0.6) is 0 Å². The van der Waals surface area contributed by atoms with Crippen molar-refractivity contribution in [3.63, 3.8) is 0 Å². The highest BCUT2D eigenvalue weighted by Gasteiger charge is 2.20. The summed E-state index contributed by atoms with van der Waals surface area (Å²) in [7, 11) is 0. The zero-order chi connectivity index (χ0) is 30.6. The number of hydrogen-bond acceptors (Lipinski definition) is 3. The Morgan fingerprint density at radius 2 is 0.739 bits per heavy atom. The molecule has 5 heteroatoms. The van der Waals surface area contributed by atoms with Gasteiger partial charge in [0.1, 0.15) is 6.07 Å². The SMILES string of the molecule is N#Cc1nc(-c2ccccc2-n2c3ccccc3c3ccccc32)cc(-c2ccccc2-n2c3ccccc3c3ccccc32)n1. The van der Waals surface area contributed by atoms with E-state index < -0.39 is 0 Å². The van der Waals surface area contributed by atoms with Gasteiger partial charge in [-0.1, -0.05) is 109 Å². The van der Waals surface area contributed by atoms with Gasteiger partial charge in [-0.05, 0) is 42.5 Å². The van der Waals surface area contributed by atoms with E-state index >= 15 is 0 Å². The third kappa shape index (κ3) is 3.88. The molecule has 0 saturated carbocycles. The van der Waals surface area contributed by atoms with Crippen molar-refractivity contribution in [1.82, 2.24) is 19.1 Å². The van der Waals surface area contributed by atoms with Crippen LogP contribution in [0.4, 0.5) is 0 Å². The molecule has 0 aliphatic rings. The number of rotatable bonds is 4. The van der Waals surface area contributed by atoms with Crippen molar-refractivity contribution >= 4 is 43.6 Å². The van der Waals surface area contributed by atoms with E-state index in [1.807, 2.05) is 30.3 Å². The van der Waals surface area contributed by atoms with Crippen LogP contribution in [0.1, 0.15) is 5.82 Å². The van der Waals surface area contributed by atoms with Gasteiger partial charge in [0, 0.05) is 32.7 Å². The van der Waals surface area contributed by atoms with Gasteiger partial charge in [0.25, 0.3) is 0 Å². The van der Waals surface area contributed by atoms with Crippen LogP contribution in [0.15, 0.2) is 152 Å². The van der Waals surface area contributed by atoms with Crippen LogP contribution in [0.2, 0.25) is 0 Å². The lowest BCUT2D eigenvalue weighted by atomic mass is 10.0. The van der Waals surface area contributed by atoms with Gasteiger partial charge in [0.2, 0.25) is 5.82 Å². The highest BCUT2D eigenvalue weighted by molar-refractivity contribution is 6.10. The molecule has 0 N–H and O–H groups in total. The Bertz CT molecular complexity index is 2390. The topological polar surface area (TPSA) is 59.4 Å². The zero-order valence-electron chi connectivity index (χ0n) is 24.7. The summed E-state index contributed by atoms with van der Waals surface area (Å²) in [5.74, 6) is 0.126. The van der Waals surface area contributed by atoms with Gasteiger partial charge in [-0.25, -0.2) is 9.97 Å². The molecule has 3 heterocycles. The van der Waals surface area contributed by atoms with Gasteiger partial charge in [0.05, 0.1) is 44.8 Å². The molecule has 9 rings (SSSR count). The average molecular weight is 588 g/mol. The first-order valence-electron chi connectivity index (χ1n) is 15.3. The number of nitriles is 1. The highest BCUT2D eigenvalue weighted by Crippen LogP contribution is 2.38. The lowest BCUT2D eigenvalue weighted by Crippen LogP contribution is -2.02. The normalized spacial score (nSPS) is 11.5. The fourth-order valence-corrected chi connectivity index (χ4v) is 6.91. The third-order valence-electron chi connectivity index (χ3n) is 8.83. The number of benzene rings is 6. The van der Waals surface area contributed by atoms with Crippen LogP contribution in [0.3, 0.4) is 0 Å². The van der Waals surface area contributed by atoms with Crippen LogP contribution in [0.25, 0.3) is 77.5 Å². The Balaban J connectivity index is 1.29. The van der Waals surface area contributed by atoms with Gasteiger partial charge in [-0.3, -0.25) is 0 Å². The summed E-state index contributed by atoms with van der Waals surface area (Å²) in [4.78, 5) is 9.56. The molecule has 0 fully saturated rings. The monoisotopic (exact) mass is 587 g/mol. The summed E-state index contributed by atoms with van der Waals surface area (Å²) >= 11 is 0. The second-order valence-electron chi connectivity index (χ2n) is 11.3. The molecule has 0 atom stereocenters. The Morgan fingerprint density at radius 3 is 1.11 bits per heavy atom. The van der Waals surface area contributed by atoms with E-state index in [2.05, 4.69) is 137 Å². The fraction of sp³-hybridized carbons (Fsp3) is 0. The Kier molecular flexibility index (Phi) is 5.81. The molecule has 6 aromatic carbocycles. The van der Waals surface area contributed by atoms with Crippen LogP contribution >= 0.6 is 0 Å². The maximum atomic E-state index is 10.2. The number of hydrogen-bond donors (Lipinski definition) is 0. The van der Waals surface area contributed by atoms with E-state index in [0.717, 1.165) is 44.6 Å². The van der Waals surface area contributed by atoms with E-state index in [4.69, 9.17) is 9.97 Å². The third-order valence-corrected chi connectivity index (χ3v) is 8.83. The van der Waals surface area contributed by atoms with Crippen molar-refractivity contribution in [2.24, 2.45) is 0 Å². The van der Waals surface area contributed by atoms with Crippen molar-refractivity contribution in [3.05, 3.63) is 157 Å². The van der Waals surface area contributed by atoms with Gasteiger partial charge in [-0.15, -0.1) is 0 Å². The van der Waals surface area contributed by atoms with Crippen LogP contribution < -0.4 is 0 Å². The number of nitrogens with zero attached hydrogens (tertiary/aromatic N) is 5. The summed E-state index contributed by atoms with van der Waals surface area (Å²) in [6, 6.07) is 54.7. The molecule has 214 valence electrons. The van der Waals surface area contributed by atoms with E-state index in [9.17, 15) is 5.26 Å². The summed E-state index contributed by atoms with van der Waals surface area (Å²) in [5.41, 5.74) is 9.66. The molecule has 3 aromatic heterocycles. The average Bonchev–Trinajstić information content (AvgIpc) is 3.64. The molecule has 0 unspecified atom stereocenters. The maximum Gasteiger partial charge on any atom is 0.233 e. The van der Waals surface area contributed by atoms with Gasteiger partial charge in [0.15, 0.2) is 0 Å². The second-order valence-corrected chi connectivity index (χ2v) is 11.3. The predicted molar refractivity (Wildman–Crippen MR) is 186 cm³/mol. The Labute approximate surface area is 264 Å². The number of para-hydroxylation sites is 6. The van der Waals surface area contributed by atoms with E-state index in [1.165, 1.54) is 21.5 Å². The first-order chi connectivity index (χ1) is 22.8. The maximum absolute atomic E-state index is 10.2. The quantitative estimate of drug-likeness (QED) is 0.206.